The molecule has 0 saturated heterocycles. The van der Waals surface area contributed by atoms with Crippen molar-refractivity contribution in [2.45, 2.75) is 4.90 Å². The van der Waals surface area contributed by atoms with Crippen LogP contribution >= 0.6 is 11.8 Å². The SMILES string of the molecule is N#Cc1ccc(C(=O)CSc2ccncc2)cc1. The monoisotopic (exact) mass is 254 g/mol. The fourth-order valence-electron chi connectivity index (χ4n) is 1.40. The molecule has 0 spiro atoms. The zero-order valence-electron chi connectivity index (χ0n) is 9.54. The minimum absolute atomic E-state index is 0.0568. The van der Waals surface area contributed by atoms with Crippen molar-refractivity contribution in [2.75, 3.05) is 5.75 Å². The van der Waals surface area contributed by atoms with Gasteiger partial charge in [0, 0.05) is 22.9 Å². The first-order chi connectivity index (χ1) is 8.79. The zero-order chi connectivity index (χ0) is 12.8. The fourth-order valence-corrected chi connectivity index (χ4v) is 2.18. The molecule has 0 atom stereocenters. The van der Waals surface area contributed by atoms with Gasteiger partial charge in [0.05, 0.1) is 17.4 Å². The van der Waals surface area contributed by atoms with Crippen molar-refractivity contribution in [3.8, 4) is 6.07 Å². The van der Waals surface area contributed by atoms with Gasteiger partial charge in [-0.05, 0) is 24.3 Å². The normalized spacial score (nSPS) is 9.72. The van der Waals surface area contributed by atoms with E-state index < -0.39 is 0 Å². The summed E-state index contributed by atoms with van der Waals surface area (Å²) >= 11 is 1.48. The number of hydrogen-bond acceptors (Lipinski definition) is 4. The lowest BCUT2D eigenvalue weighted by atomic mass is 10.1. The van der Waals surface area contributed by atoms with Crippen LogP contribution in [0.3, 0.4) is 0 Å². The maximum absolute atomic E-state index is 11.9. The Morgan fingerprint density at radius 3 is 2.44 bits per heavy atom. The largest absolute Gasteiger partial charge is 0.293 e. The fraction of sp³-hybridized carbons (Fsp3) is 0.0714. The molecule has 2 rings (SSSR count). The number of rotatable bonds is 4. The second-order valence-electron chi connectivity index (χ2n) is 3.58. The van der Waals surface area contributed by atoms with Gasteiger partial charge in [0.1, 0.15) is 0 Å². The Morgan fingerprint density at radius 1 is 1.17 bits per heavy atom. The Bertz CT molecular complexity index is 573. The first kappa shape index (κ1) is 12.3. The molecule has 3 nitrogen and oxygen atoms in total. The minimum atomic E-state index is 0.0568. The molecule has 0 aliphatic carbocycles. The van der Waals surface area contributed by atoms with Gasteiger partial charge in [-0.25, -0.2) is 0 Å². The summed E-state index contributed by atoms with van der Waals surface area (Å²) in [6.07, 6.45) is 3.41. The van der Waals surface area contributed by atoms with E-state index >= 15 is 0 Å². The lowest BCUT2D eigenvalue weighted by Crippen LogP contribution is -2.02. The van der Waals surface area contributed by atoms with Crippen LogP contribution in [0.1, 0.15) is 15.9 Å². The van der Waals surface area contributed by atoms with Crippen LogP contribution < -0.4 is 0 Å². The van der Waals surface area contributed by atoms with Crippen LogP contribution in [0.4, 0.5) is 0 Å². The number of Topliss-reactive ketones (excluding diaryl/α,β-unsaturated/α-hetero) is 1. The molecule has 0 amide bonds. The highest BCUT2D eigenvalue weighted by Crippen LogP contribution is 2.18. The molecule has 18 heavy (non-hydrogen) atoms. The van der Waals surface area contributed by atoms with E-state index in [4.69, 9.17) is 5.26 Å². The molecule has 1 aromatic carbocycles. The molecule has 1 aromatic heterocycles. The van der Waals surface area contributed by atoms with Crippen LogP contribution in [0.15, 0.2) is 53.7 Å². The van der Waals surface area contributed by atoms with Gasteiger partial charge in [-0.3, -0.25) is 9.78 Å². The number of pyridine rings is 1. The van der Waals surface area contributed by atoms with Crippen LogP contribution in [0.25, 0.3) is 0 Å². The molecule has 0 N–H and O–H groups in total. The standard InChI is InChI=1S/C14H10N2OS/c15-9-11-1-3-12(4-2-11)14(17)10-18-13-5-7-16-8-6-13/h1-8H,10H2. The number of benzene rings is 1. The Morgan fingerprint density at radius 2 is 1.83 bits per heavy atom. The minimum Gasteiger partial charge on any atom is -0.293 e. The molecule has 0 saturated carbocycles. The summed E-state index contributed by atoms with van der Waals surface area (Å²) in [4.78, 5) is 16.8. The van der Waals surface area contributed by atoms with Crippen molar-refractivity contribution >= 4 is 17.5 Å². The summed E-state index contributed by atoms with van der Waals surface area (Å²) in [5.74, 6) is 0.442. The molecule has 0 unspecified atom stereocenters. The first-order valence-corrected chi connectivity index (χ1v) is 6.34. The highest BCUT2D eigenvalue weighted by atomic mass is 32.2. The third kappa shape index (κ3) is 3.19. The summed E-state index contributed by atoms with van der Waals surface area (Å²) in [5, 5.41) is 8.67. The van der Waals surface area contributed by atoms with Gasteiger partial charge in [0.25, 0.3) is 0 Å². The summed E-state index contributed by atoms with van der Waals surface area (Å²) in [6, 6.07) is 12.5. The van der Waals surface area contributed by atoms with E-state index in [1.807, 2.05) is 18.2 Å². The summed E-state index contributed by atoms with van der Waals surface area (Å²) in [5.41, 5.74) is 1.20. The second kappa shape index (κ2) is 5.99. The van der Waals surface area contributed by atoms with E-state index in [1.54, 1.807) is 36.7 Å². The van der Waals surface area contributed by atoms with E-state index in [2.05, 4.69) is 4.98 Å². The van der Waals surface area contributed by atoms with Gasteiger partial charge >= 0.3 is 0 Å². The van der Waals surface area contributed by atoms with E-state index in [-0.39, 0.29) is 5.78 Å². The number of nitrogens with zero attached hydrogens (tertiary/aromatic N) is 2. The molecule has 2 aromatic rings. The van der Waals surface area contributed by atoms with Crippen molar-refractivity contribution in [3.05, 3.63) is 59.9 Å². The number of ketones is 1. The van der Waals surface area contributed by atoms with Gasteiger partial charge in [-0.1, -0.05) is 12.1 Å². The molecule has 4 heteroatoms. The number of thioether (sulfide) groups is 1. The van der Waals surface area contributed by atoms with Gasteiger partial charge in [-0.15, -0.1) is 11.8 Å². The highest BCUT2D eigenvalue weighted by molar-refractivity contribution is 8.00. The average molecular weight is 254 g/mol. The van der Waals surface area contributed by atoms with Crippen LogP contribution in [0.5, 0.6) is 0 Å². The predicted molar refractivity (Wildman–Crippen MR) is 70.4 cm³/mol. The molecule has 0 aliphatic heterocycles. The Labute approximate surface area is 109 Å². The number of hydrogen-bond donors (Lipinski definition) is 0. The van der Waals surface area contributed by atoms with Crippen molar-refractivity contribution in [3.63, 3.8) is 0 Å². The number of aromatic nitrogens is 1. The van der Waals surface area contributed by atoms with E-state index in [1.165, 1.54) is 11.8 Å². The van der Waals surface area contributed by atoms with E-state index in [0.29, 0.717) is 16.9 Å². The molecular weight excluding hydrogens is 244 g/mol. The van der Waals surface area contributed by atoms with E-state index in [0.717, 1.165) is 4.90 Å². The van der Waals surface area contributed by atoms with Crippen LogP contribution in [-0.4, -0.2) is 16.5 Å². The van der Waals surface area contributed by atoms with Crippen molar-refractivity contribution in [2.24, 2.45) is 0 Å². The molecular formula is C14H10N2OS. The zero-order valence-corrected chi connectivity index (χ0v) is 10.4. The predicted octanol–water partition coefficient (Wildman–Crippen LogP) is 2.93. The summed E-state index contributed by atoms with van der Waals surface area (Å²) in [7, 11) is 0. The lowest BCUT2D eigenvalue weighted by Gasteiger charge is -2.01. The molecule has 0 bridgehead atoms. The molecule has 1 heterocycles. The molecule has 0 aliphatic rings. The highest BCUT2D eigenvalue weighted by Gasteiger charge is 2.06. The second-order valence-corrected chi connectivity index (χ2v) is 4.63. The van der Waals surface area contributed by atoms with E-state index in [9.17, 15) is 4.79 Å². The van der Waals surface area contributed by atoms with Gasteiger partial charge in [0.15, 0.2) is 5.78 Å². The van der Waals surface area contributed by atoms with Gasteiger partial charge < -0.3 is 0 Å². The molecule has 0 fully saturated rings. The molecule has 88 valence electrons. The van der Waals surface area contributed by atoms with Crippen molar-refractivity contribution < 1.29 is 4.79 Å². The number of carbonyl (C=O) groups excluding carboxylic acids is 1. The Balaban J connectivity index is 1.98. The average Bonchev–Trinajstić information content (AvgIpc) is 2.46. The van der Waals surface area contributed by atoms with Gasteiger partial charge in [-0.2, -0.15) is 5.26 Å². The topological polar surface area (TPSA) is 53.8 Å². The van der Waals surface area contributed by atoms with Gasteiger partial charge in [0.2, 0.25) is 0 Å². The Kier molecular flexibility index (Phi) is 4.11. The molecule has 0 radical (unpaired) electrons. The van der Waals surface area contributed by atoms with Crippen molar-refractivity contribution in [1.29, 1.82) is 5.26 Å². The van der Waals surface area contributed by atoms with Crippen LogP contribution in [0.2, 0.25) is 0 Å². The lowest BCUT2D eigenvalue weighted by molar-refractivity contribution is 0.102. The first-order valence-electron chi connectivity index (χ1n) is 5.36. The van der Waals surface area contributed by atoms with Crippen LogP contribution in [0, 0.1) is 11.3 Å². The van der Waals surface area contributed by atoms with Crippen LogP contribution in [-0.2, 0) is 0 Å². The Hall–Kier alpha value is -2.12. The quantitative estimate of drug-likeness (QED) is 0.622. The maximum Gasteiger partial charge on any atom is 0.173 e. The van der Waals surface area contributed by atoms with Crippen molar-refractivity contribution in [1.82, 2.24) is 4.98 Å². The number of nitriles is 1. The maximum atomic E-state index is 11.9. The third-order valence-electron chi connectivity index (χ3n) is 2.36. The number of carbonyl (C=O) groups is 1. The smallest absolute Gasteiger partial charge is 0.173 e. The third-order valence-corrected chi connectivity index (χ3v) is 3.37. The summed E-state index contributed by atoms with van der Waals surface area (Å²) < 4.78 is 0. The summed E-state index contributed by atoms with van der Waals surface area (Å²) in [6.45, 7) is 0.